The highest BCUT2D eigenvalue weighted by Gasteiger charge is 2.12. The molecule has 0 N–H and O–H groups in total. The molecule has 0 radical (unpaired) electrons. The van der Waals surface area contributed by atoms with Gasteiger partial charge in [0.15, 0.2) is 0 Å². The molecule has 11 rings (SSSR count). The van der Waals surface area contributed by atoms with Gasteiger partial charge in [0.05, 0.1) is 7.11 Å². The Labute approximate surface area is 495 Å². The Hall–Kier alpha value is -8.22. The molecule has 6 heteroatoms. The quantitative estimate of drug-likeness (QED) is 0.141. The highest BCUT2D eigenvalue weighted by Crippen LogP contribution is 2.32. The number of rotatable bonds is 8. The Balaban J connectivity index is 0.000000183. The van der Waals surface area contributed by atoms with E-state index < -0.39 is 0 Å². The number of hydrogen-bond donors (Lipinski definition) is 0. The third kappa shape index (κ3) is 18.1. The summed E-state index contributed by atoms with van der Waals surface area (Å²) < 4.78 is 15.6. The van der Waals surface area contributed by atoms with Crippen molar-refractivity contribution >= 4 is 59.9 Å². The maximum Gasteiger partial charge on any atom is 0.339 e. The van der Waals surface area contributed by atoms with Crippen LogP contribution in [0.25, 0.3) is 54.3 Å². The van der Waals surface area contributed by atoms with Crippen molar-refractivity contribution in [1.29, 1.82) is 0 Å². The normalized spacial score (nSPS) is 10.8. The van der Waals surface area contributed by atoms with Gasteiger partial charge in [0.25, 0.3) is 0 Å². The Morgan fingerprint density at radius 2 is 0.807 bits per heavy atom. The Morgan fingerprint density at radius 1 is 0.361 bits per heavy atom. The molecule has 434 valence electrons. The van der Waals surface area contributed by atoms with Crippen molar-refractivity contribution in [2.45, 2.75) is 133 Å². The van der Waals surface area contributed by atoms with E-state index in [2.05, 4.69) is 220 Å². The van der Waals surface area contributed by atoms with Crippen LogP contribution in [0, 0.1) is 6.92 Å². The molecule has 2 heterocycles. The third-order valence-corrected chi connectivity index (χ3v) is 14.5. The molecule has 0 aliphatic carbocycles. The minimum absolute atomic E-state index is 0. The molecule has 0 saturated carbocycles. The summed E-state index contributed by atoms with van der Waals surface area (Å²) >= 11 is 0. The van der Waals surface area contributed by atoms with Crippen LogP contribution in [-0.4, -0.2) is 21.2 Å². The first-order valence-electron chi connectivity index (χ1n) is 29.0. The topological polar surface area (TPSA) is 72.9 Å². The van der Waals surface area contributed by atoms with Crippen molar-refractivity contribution in [3.05, 3.63) is 260 Å². The molecular formula is C77H91NO5. The smallest absolute Gasteiger partial charge is 0.339 e. The highest BCUT2D eigenvalue weighted by atomic mass is 16.5. The molecule has 0 bridgehead atoms. The zero-order chi connectivity index (χ0) is 59.6. The van der Waals surface area contributed by atoms with Crippen LogP contribution in [-0.2, 0) is 0 Å². The number of anilines is 1. The molecule has 83 heavy (non-hydrogen) atoms. The molecule has 0 amide bonds. The Bertz CT molecular complexity index is 3860. The van der Waals surface area contributed by atoms with Crippen molar-refractivity contribution in [2.75, 3.05) is 26.1 Å². The molecule has 2 aromatic heterocycles. The monoisotopic (exact) mass is 1110 g/mol. The predicted octanol–water partition coefficient (Wildman–Crippen LogP) is 21.6. The lowest BCUT2D eigenvalue weighted by Crippen LogP contribution is -2.09. The van der Waals surface area contributed by atoms with Gasteiger partial charge >= 0.3 is 11.3 Å². The molecule has 0 spiro atoms. The van der Waals surface area contributed by atoms with Gasteiger partial charge in [0.2, 0.25) is 0 Å². The third-order valence-electron chi connectivity index (χ3n) is 14.5. The minimum Gasteiger partial charge on any atom is -0.497 e. The largest absolute Gasteiger partial charge is 0.497 e. The molecule has 6 nitrogen and oxygen atoms in total. The highest BCUT2D eigenvalue weighted by molar-refractivity contribution is 5.96. The number of fused-ring (bicyclic) bond motifs is 5. The van der Waals surface area contributed by atoms with Crippen molar-refractivity contribution in [2.24, 2.45) is 0 Å². The fourth-order valence-corrected chi connectivity index (χ4v) is 9.64. The number of hydrogen-bond acceptors (Lipinski definition) is 6. The summed E-state index contributed by atoms with van der Waals surface area (Å²) in [7, 11) is 5.77. The van der Waals surface area contributed by atoms with Crippen LogP contribution in [0.4, 0.5) is 5.69 Å². The SMILES string of the molecule is C.CC(C)c1ccc2ccccc2c1.CC(C)c1cccc2c(N(C)C)cccc12.CC(C)c1cccc2ccccc12.CC(C)c1ccccc1.COc1ccc2cc(C(C)C)c(=O)oc2c1.Cc1ccc2cc(C(C)C)c(=O)oc2c1. The van der Waals surface area contributed by atoms with Gasteiger partial charge in [-0.3, -0.25) is 0 Å². The van der Waals surface area contributed by atoms with Gasteiger partial charge in [-0.2, -0.15) is 0 Å². The summed E-state index contributed by atoms with van der Waals surface area (Å²) in [6.45, 7) is 27.7. The summed E-state index contributed by atoms with van der Waals surface area (Å²) in [4.78, 5) is 25.5. The molecule has 0 aliphatic heterocycles. The van der Waals surface area contributed by atoms with E-state index in [9.17, 15) is 9.59 Å². The maximum absolute atomic E-state index is 11.7. The number of methoxy groups -OCH3 is 1. The molecular weight excluding hydrogens is 1020 g/mol. The zero-order valence-electron chi connectivity index (χ0n) is 51.5. The van der Waals surface area contributed by atoms with E-state index in [0.29, 0.717) is 46.2 Å². The van der Waals surface area contributed by atoms with E-state index in [-0.39, 0.29) is 30.5 Å². The average molecular weight is 1110 g/mol. The second-order valence-corrected chi connectivity index (χ2v) is 23.1. The summed E-state index contributed by atoms with van der Waals surface area (Å²) in [5, 5.41) is 10.0. The fourth-order valence-electron chi connectivity index (χ4n) is 9.64. The first kappa shape index (κ1) is 65.6. The Morgan fingerprint density at radius 3 is 1.35 bits per heavy atom. The lowest BCUT2D eigenvalue weighted by molar-refractivity contribution is 0.414. The molecule has 0 saturated heterocycles. The van der Waals surface area contributed by atoms with Crippen LogP contribution in [0.15, 0.2) is 219 Å². The van der Waals surface area contributed by atoms with Crippen molar-refractivity contribution in [1.82, 2.24) is 0 Å². The second-order valence-electron chi connectivity index (χ2n) is 23.1. The van der Waals surface area contributed by atoms with Gasteiger partial charge < -0.3 is 18.5 Å². The first-order chi connectivity index (χ1) is 39.2. The van der Waals surface area contributed by atoms with Gasteiger partial charge in [-0.05, 0) is 134 Å². The molecule has 0 fully saturated rings. The molecule has 11 aromatic rings. The van der Waals surface area contributed by atoms with E-state index in [0.717, 1.165) is 21.9 Å². The number of benzene rings is 9. The molecule has 0 unspecified atom stereocenters. The van der Waals surface area contributed by atoms with Crippen molar-refractivity contribution in [3.63, 3.8) is 0 Å². The lowest BCUT2D eigenvalue weighted by Gasteiger charge is -2.17. The van der Waals surface area contributed by atoms with Gasteiger partial charge in [0.1, 0.15) is 16.9 Å². The van der Waals surface area contributed by atoms with Crippen molar-refractivity contribution < 1.29 is 13.6 Å². The summed E-state index contributed by atoms with van der Waals surface area (Å²) in [6, 6.07) is 69.1. The maximum atomic E-state index is 11.7. The van der Waals surface area contributed by atoms with Crippen LogP contribution < -0.4 is 20.9 Å². The van der Waals surface area contributed by atoms with E-state index in [1.54, 1.807) is 13.2 Å². The van der Waals surface area contributed by atoms with Gasteiger partial charge in [-0.1, -0.05) is 248 Å². The minimum atomic E-state index is -0.268. The summed E-state index contributed by atoms with van der Waals surface area (Å²) in [6.07, 6.45) is 0. The standard InChI is InChI=1S/C15H19N.C13H14O3.C13H14O2.2C13H14.C9H12.CH4/c1-11(2)12-7-5-9-14-13(12)8-6-10-15(14)16(3)4;1-8(2)11-6-9-4-5-10(15-3)7-12(9)16-13(11)14;1-8(2)11-7-10-5-4-9(3)6-12(10)15-13(11)14;1-10(2)12-9-5-7-11-6-3-4-8-13(11)12;1-10(2)12-8-7-11-5-3-4-6-13(11)9-12;1-8(2)9-6-4-3-5-7-9;/h5-11H,1-4H3;4-8H,1-3H3;4-8H,1-3H3;2*3-10H,1-2H3;3-8H,1-2H3;1H4. The van der Waals surface area contributed by atoms with E-state index in [1.165, 1.54) is 60.3 Å². The van der Waals surface area contributed by atoms with Crippen LogP contribution in [0.3, 0.4) is 0 Å². The number of ether oxygens (including phenoxy) is 1. The van der Waals surface area contributed by atoms with E-state index >= 15 is 0 Å². The summed E-state index contributed by atoms with van der Waals surface area (Å²) in [5.41, 5.74) is 10.3. The van der Waals surface area contributed by atoms with Crippen LogP contribution >= 0.6 is 0 Å². The van der Waals surface area contributed by atoms with Gasteiger partial charge in [-0.15, -0.1) is 0 Å². The Kier molecular flexibility index (Phi) is 24.7. The molecule has 0 atom stereocenters. The zero-order valence-corrected chi connectivity index (χ0v) is 51.5. The second kappa shape index (κ2) is 31.3. The fraction of sp³-hybridized carbons (Fsp3) is 0.299. The average Bonchev–Trinajstić information content (AvgIpc) is 3.66. The molecule has 9 aromatic carbocycles. The first-order valence-corrected chi connectivity index (χ1v) is 29.0. The van der Waals surface area contributed by atoms with Crippen molar-refractivity contribution in [3.8, 4) is 5.75 Å². The van der Waals surface area contributed by atoms with Gasteiger partial charge in [0, 0.05) is 53.1 Å². The van der Waals surface area contributed by atoms with Crippen LogP contribution in [0.5, 0.6) is 5.75 Å². The number of aryl methyl sites for hydroxylation is 1. The van der Waals surface area contributed by atoms with E-state index in [4.69, 9.17) is 13.6 Å². The van der Waals surface area contributed by atoms with E-state index in [1.807, 2.05) is 83.1 Å². The van der Waals surface area contributed by atoms with Crippen LogP contribution in [0.2, 0.25) is 0 Å². The summed E-state index contributed by atoms with van der Waals surface area (Å²) in [5.74, 6) is 3.51. The number of nitrogens with zero attached hydrogens (tertiary/aromatic N) is 1. The van der Waals surface area contributed by atoms with Gasteiger partial charge in [-0.25, -0.2) is 9.59 Å². The predicted molar refractivity (Wildman–Crippen MR) is 360 cm³/mol. The van der Waals surface area contributed by atoms with Crippen LogP contribution in [0.1, 0.15) is 165 Å². The molecule has 0 aliphatic rings. The lowest BCUT2D eigenvalue weighted by atomic mass is 9.95.